The van der Waals surface area contributed by atoms with Crippen LogP contribution in [0.25, 0.3) is 0 Å². The van der Waals surface area contributed by atoms with Crippen LogP contribution in [0.3, 0.4) is 0 Å². The molecule has 0 saturated heterocycles. The quantitative estimate of drug-likeness (QED) is 0.473. The third-order valence-electron chi connectivity index (χ3n) is 1.36. The van der Waals surface area contributed by atoms with Crippen LogP contribution in [0, 0.1) is 5.92 Å². The van der Waals surface area contributed by atoms with Crippen LogP contribution in [0.1, 0.15) is 33.6 Å². The van der Waals surface area contributed by atoms with Gasteiger partial charge in [-0.05, 0) is 6.42 Å². The molecule has 0 saturated carbocycles. The summed E-state index contributed by atoms with van der Waals surface area (Å²) in [6.45, 7) is 6.66. The van der Waals surface area contributed by atoms with Gasteiger partial charge in [-0.1, -0.05) is 27.2 Å². The van der Waals surface area contributed by atoms with E-state index in [1.54, 1.807) is 0 Å². The van der Waals surface area contributed by atoms with Gasteiger partial charge in [0.25, 0.3) is 0 Å². The molecule has 10 heavy (non-hydrogen) atoms. The van der Waals surface area contributed by atoms with Gasteiger partial charge in [0.2, 0.25) is 0 Å². The Morgan fingerprint density at radius 1 is 1.40 bits per heavy atom. The van der Waals surface area contributed by atoms with Crippen molar-refractivity contribution in [1.29, 1.82) is 0 Å². The van der Waals surface area contributed by atoms with Gasteiger partial charge in [-0.2, -0.15) is 0 Å². The fraction of sp³-hybridized carbons (Fsp3) is 1.00. The summed E-state index contributed by atoms with van der Waals surface area (Å²) in [5, 5.41) is 9.13. The summed E-state index contributed by atoms with van der Waals surface area (Å²) < 4.78 is 5.10. The van der Waals surface area contributed by atoms with Crippen LogP contribution in [0.2, 0.25) is 0 Å². The third-order valence-corrected chi connectivity index (χ3v) is 1.36. The molecule has 0 aliphatic carbocycles. The first-order valence-corrected chi connectivity index (χ1v) is 3.98. The molecule has 0 aromatic heterocycles. The van der Waals surface area contributed by atoms with E-state index < -0.39 is 6.29 Å². The maximum Gasteiger partial charge on any atom is 0.156 e. The molecule has 0 fully saturated rings. The molecule has 2 heteroatoms. The predicted octanol–water partition coefficient (Wildman–Crippen LogP) is 1.78. The minimum absolute atomic E-state index is 0.205. The molecule has 0 amide bonds. The van der Waals surface area contributed by atoms with Gasteiger partial charge in [0.1, 0.15) is 0 Å². The van der Waals surface area contributed by atoms with E-state index in [1.807, 2.05) is 13.8 Å². The molecule has 1 atom stereocenters. The predicted molar refractivity (Wildman–Crippen MR) is 41.7 cm³/mol. The molecule has 0 aliphatic heterocycles. The zero-order chi connectivity index (χ0) is 7.98. The van der Waals surface area contributed by atoms with Gasteiger partial charge in [-0.3, -0.25) is 0 Å². The second-order valence-corrected chi connectivity index (χ2v) is 2.86. The molecular formula is C8H18O2. The minimum atomic E-state index is -0.577. The maximum absolute atomic E-state index is 9.13. The van der Waals surface area contributed by atoms with E-state index in [9.17, 15) is 0 Å². The van der Waals surface area contributed by atoms with Crippen LogP contribution < -0.4 is 0 Å². The lowest BCUT2D eigenvalue weighted by molar-refractivity contribution is -0.126. The Balaban J connectivity index is 3.13. The average molecular weight is 146 g/mol. The number of rotatable bonds is 5. The number of aliphatic hydroxyl groups excluding tert-OH is 1. The molecule has 0 aliphatic rings. The van der Waals surface area contributed by atoms with E-state index in [-0.39, 0.29) is 5.92 Å². The van der Waals surface area contributed by atoms with Gasteiger partial charge in [0, 0.05) is 12.5 Å². The van der Waals surface area contributed by atoms with Crippen LogP contribution in [0.5, 0.6) is 0 Å². The standard InChI is InChI=1S/C8H18O2/c1-4-5-6-10-8(9)7(2)3/h7-9H,4-6H2,1-3H3. The van der Waals surface area contributed by atoms with Crippen molar-refractivity contribution < 1.29 is 9.84 Å². The molecule has 0 aromatic rings. The van der Waals surface area contributed by atoms with Gasteiger partial charge >= 0.3 is 0 Å². The Kier molecular flexibility index (Phi) is 5.64. The van der Waals surface area contributed by atoms with Gasteiger partial charge in [-0.25, -0.2) is 0 Å². The van der Waals surface area contributed by atoms with Crippen molar-refractivity contribution in [3.05, 3.63) is 0 Å². The Labute approximate surface area is 63.2 Å². The van der Waals surface area contributed by atoms with E-state index in [4.69, 9.17) is 9.84 Å². The highest BCUT2D eigenvalue weighted by Gasteiger charge is 2.07. The molecule has 0 heterocycles. The lowest BCUT2D eigenvalue weighted by Crippen LogP contribution is -2.19. The van der Waals surface area contributed by atoms with E-state index in [2.05, 4.69) is 6.92 Å². The van der Waals surface area contributed by atoms with E-state index in [1.165, 1.54) is 0 Å². The summed E-state index contributed by atoms with van der Waals surface area (Å²) in [5.41, 5.74) is 0. The summed E-state index contributed by atoms with van der Waals surface area (Å²) >= 11 is 0. The summed E-state index contributed by atoms with van der Waals surface area (Å²) in [4.78, 5) is 0. The molecule has 0 bridgehead atoms. The average Bonchev–Trinajstić information content (AvgIpc) is 1.88. The Morgan fingerprint density at radius 2 is 2.00 bits per heavy atom. The molecular weight excluding hydrogens is 128 g/mol. The summed E-state index contributed by atoms with van der Waals surface area (Å²) in [6.07, 6.45) is 1.57. The first kappa shape index (κ1) is 9.92. The molecule has 0 rings (SSSR count). The zero-order valence-corrected chi connectivity index (χ0v) is 7.13. The van der Waals surface area contributed by atoms with Crippen molar-refractivity contribution in [1.82, 2.24) is 0 Å². The largest absolute Gasteiger partial charge is 0.368 e. The summed E-state index contributed by atoms with van der Waals surface area (Å²) in [6, 6.07) is 0. The van der Waals surface area contributed by atoms with Gasteiger partial charge in [-0.15, -0.1) is 0 Å². The number of hydrogen-bond acceptors (Lipinski definition) is 2. The van der Waals surface area contributed by atoms with Crippen LogP contribution in [-0.4, -0.2) is 18.0 Å². The fourth-order valence-corrected chi connectivity index (χ4v) is 0.541. The highest BCUT2D eigenvalue weighted by atomic mass is 16.6. The van der Waals surface area contributed by atoms with Crippen molar-refractivity contribution in [3.63, 3.8) is 0 Å². The third kappa shape index (κ3) is 4.77. The molecule has 62 valence electrons. The lowest BCUT2D eigenvalue weighted by atomic mass is 10.2. The topological polar surface area (TPSA) is 29.5 Å². The van der Waals surface area contributed by atoms with Crippen molar-refractivity contribution in [3.8, 4) is 0 Å². The monoisotopic (exact) mass is 146 g/mol. The normalized spacial score (nSPS) is 14.1. The van der Waals surface area contributed by atoms with Gasteiger partial charge in [0.05, 0.1) is 0 Å². The van der Waals surface area contributed by atoms with Gasteiger partial charge < -0.3 is 9.84 Å². The first-order chi connectivity index (χ1) is 4.68. The molecule has 0 radical (unpaired) electrons. The molecule has 1 unspecified atom stereocenters. The molecule has 0 aromatic carbocycles. The molecule has 0 spiro atoms. The number of unbranched alkanes of at least 4 members (excludes halogenated alkanes) is 1. The number of ether oxygens (including phenoxy) is 1. The highest BCUT2D eigenvalue weighted by molar-refractivity contribution is 4.46. The van der Waals surface area contributed by atoms with E-state index >= 15 is 0 Å². The number of hydrogen-bond donors (Lipinski definition) is 1. The fourth-order valence-electron chi connectivity index (χ4n) is 0.541. The smallest absolute Gasteiger partial charge is 0.156 e. The zero-order valence-electron chi connectivity index (χ0n) is 7.13. The second-order valence-electron chi connectivity index (χ2n) is 2.86. The summed E-state index contributed by atoms with van der Waals surface area (Å²) in [7, 11) is 0. The maximum atomic E-state index is 9.13. The van der Waals surface area contributed by atoms with E-state index in [0.717, 1.165) is 12.8 Å². The summed E-state index contributed by atoms with van der Waals surface area (Å²) in [5.74, 6) is 0.205. The van der Waals surface area contributed by atoms with Crippen LogP contribution in [-0.2, 0) is 4.74 Å². The van der Waals surface area contributed by atoms with Crippen molar-refractivity contribution in [2.24, 2.45) is 5.92 Å². The van der Waals surface area contributed by atoms with Crippen LogP contribution in [0.15, 0.2) is 0 Å². The van der Waals surface area contributed by atoms with Crippen LogP contribution >= 0.6 is 0 Å². The Morgan fingerprint density at radius 3 is 2.40 bits per heavy atom. The SMILES string of the molecule is CCCCOC(O)C(C)C. The Bertz CT molecular complexity index is 71.7. The van der Waals surface area contributed by atoms with E-state index in [0.29, 0.717) is 6.61 Å². The van der Waals surface area contributed by atoms with Gasteiger partial charge in [0.15, 0.2) is 6.29 Å². The highest BCUT2D eigenvalue weighted by Crippen LogP contribution is 2.03. The first-order valence-electron chi connectivity index (χ1n) is 3.98. The second kappa shape index (κ2) is 5.69. The lowest BCUT2D eigenvalue weighted by Gasteiger charge is -2.14. The minimum Gasteiger partial charge on any atom is -0.368 e. The molecule has 1 N–H and O–H groups in total. The molecule has 2 nitrogen and oxygen atoms in total. The van der Waals surface area contributed by atoms with Crippen molar-refractivity contribution in [2.75, 3.05) is 6.61 Å². The number of aliphatic hydroxyl groups is 1. The van der Waals surface area contributed by atoms with Crippen LogP contribution in [0.4, 0.5) is 0 Å². The van der Waals surface area contributed by atoms with Crippen molar-refractivity contribution >= 4 is 0 Å². The Hall–Kier alpha value is -0.0800. The van der Waals surface area contributed by atoms with Crippen molar-refractivity contribution in [2.45, 2.75) is 39.9 Å².